The Bertz CT molecular complexity index is 366. The molecule has 1 aromatic carbocycles. The van der Waals surface area contributed by atoms with Gasteiger partial charge in [0.25, 0.3) is 0 Å². The predicted octanol–water partition coefficient (Wildman–Crippen LogP) is 4.90. The van der Waals surface area contributed by atoms with Crippen LogP contribution in [0.5, 0.6) is 0 Å². The van der Waals surface area contributed by atoms with E-state index in [0.29, 0.717) is 6.04 Å². The summed E-state index contributed by atoms with van der Waals surface area (Å²) in [4.78, 5) is 0. The van der Waals surface area contributed by atoms with Crippen molar-refractivity contribution in [2.24, 2.45) is 5.92 Å². The van der Waals surface area contributed by atoms with Crippen LogP contribution in [0.1, 0.15) is 70.2 Å². The van der Waals surface area contributed by atoms with Gasteiger partial charge in [-0.1, -0.05) is 65.7 Å². The molecule has 1 aromatic rings. The predicted molar refractivity (Wildman–Crippen MR) is 85.7 cm³/mol. The molecule has 0 bridgehead atoms. The molecule has 1 N–H and O–H groups in total. The maximum absolute atomic E-state index is 3.69. The van der Waals surface area contributed by atoms with Gasteiger partial charge in [-0.3, -0.25) is 0 Å². The van der Waals surface area contributed by atoms with Crippen LogP contribution in [0.15, 0.2) is 18.2 Å². The molecule has 0 spiro atoms. The van der Waals surface area contributed by atoms with Gasteiger partial charge in [0.15, 0.2) is 0 Å². The van der Waals surface area contributed by atoms with Gasteiger partial charge in [-0.15, -0.1) is 0 Å². The summed E-state index contributed by atoms with van der Waals surface area (Å²) in [6.45, 7) is 12.4. The minimum absolute atomic E-state index is 0.510. The van der Waals surface area contributed by atoms with Crippen LogP contribution in [-0.2, 0) is 12.8 Å². The van der Waals surface area contributed by atoms with E-state index in [4.69, 9.17) is 0 Å². The molecule has 1 heteroatoms. The number of benzene rings is 1. The molecule has 0 aromatic heterocycles. The highest BCUT2D eigenvalue weighted by atomic mass is 14.9. The molecule has 0 saturated heterocycles. The second-order valence-corrected chi connectivity index (χ2v) is 5.35. The van der Waals surface area contributed by atoms with Crippen molar-refractivity contribution in [1.29, 1.82) is 0 Å². The van der Waals surface area contributed by atoms with Crippen molar-refractivity contribution in [3.05, 3.63) is 34.9 Å². The van der Waals surface area contributed by atoms with E-state index >= 15 is 0 Å². The van der Waals surface area contributed by atoms with Crippen LogP contribution in [0.2, 0.25) is 0 Å². The Hall–Kier alpha value is -0.820. The van der Waals surface area contributed by atoms with Crippen LogP contribution >= 0.6 is 0 Å². The lowest BCUT2D eigenvalue weighted by atomic mass is 9.86. The van der Waals surface area contributed by atoms with E-state index in [2.05, 4.69) is 58.1 Å². The second-order valence-electron chi connectivity index (χ2n) is 5.35. The molecule has 0 aliphatic heterocycles. The average Bonchev–Trinajstić information content (AvgIpc) is 2.46. The Morgan fingerprint density at radius 2 is 1.53 bits per heavy atom. The molecule has 0 fully saturated rings. The first-order valence-corrected chi connectivity index (χ1v) is 8.06. The SMILES string of the molecule is CCNC(c1ccc(CC)c(CC)c1)C(CC)CC. The standard InChI is InChI=1S/C18H31N/c1-6-14(7-2)18(19-10-5)17-12-11-15(8-3)16(9-4)13-17/h11-14,18-19H,6-10H2,1-5H3. The van der Waals surface area contributed by atoms with Crippen molar-refractivity contribution in [3.8, 4) is 0 Å². The van der Waals surface area contributed by atoms with Crippen LogP contribution < -0.4 is 5.32 Å². The fourth-order valence-electron chi connectivity index (χ4n) is 3.05. The lowest BCUT2D eigenvalue weighted by Gasteiger charge is -2.27. The third kappa shape index (κ3) is 4.07. The fraction of sp³-hybridized carbons (Fsp3) is 0.667. The van der Waals surface area contributed by atoms with Crippen molar-refractivity contribution in [1.82, 2.24) is 5.32 Å². The van der Waals surface area contributed by atoms with Crippen LogP contribution in [0, 0.1) is 5.92 Å². The summed E-state index contributed by atoms with van der Waals surface area (Å²) in [5.74, 6) is 0.733. The molecule has 0 saturated carbocycles. The molecule has 0 amide bonds. The van der Waals surface area contributed by atoms with Crippen LogP contribution in [-0.4, -0.2) is 6.54 Å². The normalized spacial score (nSPS) is 12.9. The highest BCUT2D eigenvalue weighted by Gasteiger charge is 2.19. The summed E-state index contributed by atoms with van der Waals surface area (Å²) >= 11 is 0. The lowest BCUT2D eigenvalue weighted by molar-refractivity contribution is 0.346. The van der Waals surface area contributed by atoms with Gasteiger partial charge in [0.05, 0.1) is 0 Å². The number of hydrogen-bond acceptors (Lipinski definition) is 1. The van der Waals surface area contributed by atoms with Gasteiger partial charge >= 0.3 is 0 Å². The Balaban J connectivity index is 3.08. The third-order valence-electron chi connectivity index (χ3n) is 4.30. The van der Waals surface area contributed by atoms with Gasteiger partial charge in [0, 0.05) is 6.04 Å². The summed E-state index contributed by atoms with van der Waals surface area (Å²) in [6.07, 6.45) is 4.76. The first-order valence-electron chi connectivity index (χ1n) is 8.06. The molecule has 1 nitrogen and oxygen atoms in total. The monoisotopic (exact) mass is 261 g/mol. The first kappa shape index (κ1) is 16.2. The van der Waals surface area contributed by atoms with Crippen molar-refractivity contribution < 1.29 is 0 Å². The van der Waals surface area contributed by atoms with Gasteiger partial charge in [0.2, 0.25) is 0 Å². The fourth-order valence-corrected chi connectivity index (χ4v) is 3.05. The highest BCUT2D eigenvalue weighted by Crippen LogP contribution is 2.29. The van der Waals surface area contributed by atoms with E-state index in [9.17, 15) is 0 Å². The molecule has 0 aliphatic rings. The zero-order valence-corrected chi connectivity index (χ0v) is 13.4. The molecular weight excluding hydrogens is 230 g/mol. The third-order valence-corrected chi connectivity index (χ3v) is 4.30. The second kappa shape index (κ2) is 8.37. The topological polar surface area (TPSA) is 12.0 Å². The van der Waals surface area contributed by atoms with E-state index in [0.717, 1.165) is 25.3 Å². The maximum atomic E-state index is 3.69. The molecule has 1 unspecified atom stereocenters. The quantitative estimate of drug-likeness (QED) is 0.702. The van der Waals surface area contributed by atoms with Gasteiger partial charge in [-0.25, -0.2) is 0 Å². The molecule has 1 rings (SSSR count). The number of aryl methyl sites for hydroxylation is 2. The molecular formula is C18H31N. The van der Waals surface area contributed by atoms with Crippen LogP contribution in [0.25, 0.3) is 0 Å². The molecule has 0 aliphatic carbocycles. The van der Waals surface area contributed by atoms with Crippen molar-refractivity contribution >= 4 is 0 Å². The van der Waals surface area contributed by atoms with E-state index in [-0.39, 0.29) is 0 Å². The lowest BCUT2D eigenvalue weighted by Crippen LogP contribution is -2.28. The van der Waals surface area contributed by atoms with Crippen LogP contribution in [0.4, 0.5) is 0 Å². The Kier molecular flexibility index (Phi) is 7.15. The van der Waals surface area contributed by atoms with Gasteiger partial charge in [-0.05, 0) is 42.0 Å². The molecule has 0 radical (unpaired) electrons. The Morgan fingerprint density at radius 1 is 0.895 bits per heavy atom. The number of nitrogens with one attached hydrogen (secondary N) is 1. The van der Waals surface area contributed by atoms with Gasteiger partial charge < -0.3 is 5.32 Å². The summed E-state index contributed by atoms with van der Waals surface area (Å²) in [5, 5.41) is 3.69. The van der Waals surface area contributed by atoms with E-state index < -0.39 is 0 Å². The largest absolute Gasteiger partial charge is 0.310 e. The van der Waals surface area contributed by atoms with Crippen molar-refractivity contribution in [2.45, 2.75) is 66.3 Å². The van der Waals surface area contributed by atoms with Gasteiger partial charge in [0.1, 0.15) is 0 Å². The molecule has 108 valence electrons. The smallest absolute Gasteiger partial charge is 0.0348 e. The van der Waals surface area contributed by atoms with Crippen molar-refractivity contribution in [2.75, 3.05) is 6.54 Å². The average molecular weight is 261 g/mol. The zero-order valence-electron chi connectivity index (χ0n) is 13.4. The zero-order chi connectivity index (χ0) is 14.3. The Morgan fingerprint density at radius 3 is 2.00 bits per heavy atom. The number of hydrogen-bond donors (Lipinski definition) is 1. The summed E-state index contributed by atoms with van der Waals surface area (Å²) < 4.78 is 0. The summed E-state index contributed by atoms with van der Waals surface area (Å²) in [5.41, 5.74) is 4.50. The summed E-state index contributed by atoms with van der Waals surface area (Å²) in [7, 11) is 0. The molecule has 19 heavy (non-hydrogen) atoms. The first-order chi connectivity index (χ1) is 9.21. The molecule has 0 heterocycles. The van der Waals surface area contributed by atoms with E-state index in [1.165, 1.54) is 29.5 Å². The van der Waals surface area contributed by atoms with E-state index in [1.54, 1.807) is 0 Å². The minimum Gasteiger partial charge on any atom is -0.310 e. The van der Waals surface area contributed by atoms with Crippen molar-refractivity contribution in [3.63, 3.8) is 0 Å². The van der Waals surface area contributed by atoms with Crippen LogP contribution in [0.3, 0.4) is 0 Å². The maximum Gasteiger partial charge on any atom is 0.0348 e. The Labute approximate surface area is 119 Å². The van der Waals surface area contributed by atoms with E-state index in [1.807, 2.05) is 0 Å². The molecule has 1 atom stereocenters. The van der Waals surface area contributed by atoms with Gasteiger partial charge in [-0.2, -0.15) is 0 Å². The minimum atomic E-state index is 0.510. The highest BCUT2D eigenvalue weighted by molar-refractivity contribution is 5.34. The summed E-state index contributed by atoms with van der Waals surface area (Å²) in [6, 6.07) is 7.62. The number of rotatable bonds is 8.